The van der Waals surface area contributed by atoms with Crippen LogP contribution in [0.15, 0.2) is 30.5 Å². The normalized spacial score (nSPS) is 26.4. The zero-order valence-electron chi connectivity index (χ0n) is 14.6. The van der Waals surface area contributed by atoms with Crippen molar-refractivity contribution in [2.75, 3.05) is 11.9 Å². The number of thiazole rings is 1. The van der Waals surface area contributed by atoms with Crippen LogP contribution in [0, 0.1) is 47.9 Å². The van der Waals surface area contributed by atoms with Gasteiger partial charge in [0.1, 0.15) is 24.4 Å². The number of carbonyl (C=O) groups excluding carboxylic acids is 1. The van der Waals surface area contributed by atoms with Crippen molar-refractivity contribution in [2.45, 2.75) is 30.6 Å². The van der Waals surface area contributed by atoms with Crippen molar-refractivity contribution < 1.29 is 72.6 Å². The minimum Gasteiger partial charge on any atom is -0.394 e. The fraction of sp³-hybridized carbons (Fsp3) is 0.375. The Labute approximate surface area is 198 Å². The summed E-state index contributed by atoms with van der Waals surface area (Å²) < 4.78 is 5.32. The quantitative estimate of drug-likeness (QED) is 0.219. The smallest absolute Gasteiger partial charge is 0.269 e. The number of nitro benzene ring substituents is 1. The summed E-state index contributed by atoms with van der Waals surface area (Å²) in [6.07, 6.45) is -5.45. The molecule has 0 saturated carbocycles. The van der Waals surface area contributed by atoms with Crippen LogP contribution < -0.4 is 5.32 Å². The van der Waals surface area contributed by atoms with Gasteiger partial charge >= 0.3 is 0 Å². The maximum Gasteiger partial charge on any atom is 0.269 e. The van der Waals surface area contributed by atoms with Gasteiger partial charge in [-0.1, -0.05) is 11.3 Å². The predicted octanol–water partition coefficient (Wildman–Crippen LogP) is -0.506. The van der Waals surface area contributed by atoms with E-state index in [0.717, 1.165) is 11.3 Å². The van der Waals surface area contributed by atoms with Crippen molar-refractivity contribution in [3.05, 3.63) is 51.0 Å². The number of non-ortho nitro benzene ring substituents is 1. The van der Waals surface area contributed by atoms with Crippen molar-refractivity contribution in [3.63, 3.8) is 0 Å². The molecule has 13 heteroatoms. The SMILES string of the molecule is O=C(c1ccc([N+](=O)[O-])cc1)c1cnc(N[C@H]2OC(CO)[C@@H](O)[C@H](O)C2O)s1.[Ar]. The zero-order valence-corrected chi connectivity index (χ0v) is 16.1. The van der Waals surface area contributed by atoms with Gasteiger partial charge in [0.2, 0.25) is 5.78 Å². The second-order valence-electron chi connectivity index (χ2n) is 6.06. The molecule has 1 aromatic carbocycles. The number of anilines is 1. The molecule has 5 N–H and O–H groups in total. The van der Waals surface area contributed by atoms with Gasteiger partial charge in [0.05, 0.1) is 22.6 Å². The van der Waals surface area contributed by atoms with Gasteiger partial charge in [-0.2, -0.15) is 0 Å². The number of benzene rings is 1. The average Bonchev–Trinajstić information content (AvgIpc) is 3.16. The van der Waals surface area contributed by atoms with Crippen LogP contribution in [0.2, 0.25) is 0 Å². The van der Waals surface area contributed by atoms with Gasteiger partial charge in [-0.05, 0) is 12.1 Å². The van der Waals surface area contributed by atoms with Crippen LogP contribution >= 0.6 is 11.3 Å². The molecule has 2 unspecified atom stereocenters. The first kappa shape index (κ1) is 24.1. The van der Waals surface area contributed by atoms with E-state index in [1.54, 1.807) is 0 Å². The standard InChI is InChI=1S/C16H17N3O8S.Ar/c20-6-9-12(22)13(23)14(24)15(27-9)18-16-17-5-10(28-16)11(21)7-1-3-8(4-2-7)19(25)26;/h1-5,9,12-15,20,22-24H,6H2,(H,17,18);/t9?,12-,13+,14?,15+;/m1./s1. The molecule has 158 valence electrons. The predicted molar refractivity (Wildman–Crippen MR) is 96.0 cm³/mol. The van der Waals surface area contributed by atoms with Gasteiger partial charge in [-0.15, -0.1) is 0 Å². The third kappa shape index (κ3) is 5.29. The largest absolute Gasteiger partial charge is 0.394 e. The molecule has 1 aliphatic heterocycles. The Morgan fingerprint density at radius 3 is 2.45 bits per heavy atom. The minimum atomic E-state index is -1.54. The molecule has 1 aromatic heterocycles. The van der Waals surface area contributed by atoms with Gasteiger partial charge in [-0.3, -0.25) is 14.9 Å². The number of hydrogen-bond acceptors (Lipinski definition) is 11. The summed E-state index contributed by atoms with van der Waals surface area (Å²) >= 11 is 0.949. The number of nitro groups is 1. The number of ketones is 1. The molecule has 1 aliphatic rings. The fourth-order valence-corrected chi connectivity index (χ4v) is 3.47. The van der Waals surface area contributed by atoms with E-state index in [9.17, 15) is 35.3 Å². The topological polar surface area (TPSA) is 175 Å². The van der Waals surface area contributed by atoms with Crippen molar-refractivity contribution in [2.24, 2.45) is 0 Å². The number of carbonyl (C=O) groups is 1. The molecule has 11 nitrogen and oxygen atoms in total. The molecule has 2 aromatic rings. The van der Waals surface area contributed by atoms with Gasteiger partial charge in [0.25, 0.3) is 5.69 Å². The van der Waals surface area contributed by atoms with E-state index in [4.69, 9.17) is 4.74 Å². The number of hydrogen-bond donors (Lipinski definition) is 5. The summed E-state index contributed by atoms with van der Waals surface area (Å²) in [5.74, 6) is -0.394. The Kier molecular flexibility index (Phi) is 8.46. The van der Waals surface area contributed by atoms with E-state index >= 15 is 0 Å². The van der Waals surface area contributed by atoms with E-state index in [1.807, 2.05) is 0 Å². The first-order valence-corrected chi connectivity index (χ1v) is 8.95. The zero-order chi connectivity index (χ0) is 20.4. The molecule has 5 atom stereocenters. The molecule has 0 bridgehead atoms. The number of nitrogens with zero attached hydrogens (tertiary/aromatic N) is 2. The molecule has 1 fully saturated rings. The molecule has 2 heterocycles. The van der Waals surface area contributed by atoms with E-state index in [2.05, 4.69) is 10.3 Å². The first-order valence-electron chi connectivity index (χ1n) is 8.14. The van der Waals surface area contributed by atoms with Crippen molar-refractivity contribution >= 4 is 27.9 Å². The second-order valence-corrected chi connectivity index (χ2v) is 7.09. The maximum absolute atomic E-state index is 12.5. The summed E-state index contributed by atoms with van der Waals surface area (Å²) in [5.41, 5.74) is 0.111. The summed E-state index contributed by atoms with van der Waals surface area (Å²) in [5, 5.41) is 52.4. The summed E-state index contributed by atoms with van der Waals surface area (Å²) in [7, 11) is 0. The maximum atomic E-state index is 12.5. The van der Waals surface area contributed by atoms with Crippen LogP contribution in [-0.4, -0.2) is 73.4 Å². The molecular weight excluding hydrogens is 434 g/mol. The summed E-state index contributed by atoms with van der Waals surface area (Å²) in [4.78, 5) is 26.8. The number of ether oxygens (including phenoxy) is 1. The fourth-order valence-electron chi connectivity index (χ4n) is 2.67. The summed E-state index contributed by atoms with van der Waals surface area (Å²) in [6.45, 7) is -0.565. The number of rotatable bonds is 6. The van der Waals surface area contributed by atoms with Crippen LogP contribution in [-0.2, 0) is 4.74 Å². The number of aliphatic hydroxyl groups is 4. The van der Waals surface area contributed by atoms with Crippen molar-refractivity contribution in [1.82, 2.24) is 4.98 Å². The van der Waals surface area contributed by atoms with Gasteiger partial charge in [0.15, 0.2) is 11.4 Å². The number of aliphatic hydroxyl groups excluding tert-OH is 4. The van der Waals surface area contributed by atoms with Crippen LogP contribution in [0.5, 0.6) is 0 Å². The summed E-state index contributed by atoms with van der Waals surface area (Å²) in [6, 6.07) is 5.12. The van der Waals surface area contributed by atoms with Crippen LogP contribution in [0.1, 0.15) is 15.2 Å². The minimum absolute atomic E-state index is 0. The van der Waals surface area contributed by atoms with Crippen LogP contribution in [0.4, 0.5) is 10.8 Å². The molecule has 29 heavy (non-hydrogen) atoms. The molecule has 0 amide bonds. The van der Waals surface area contributed by atoms with Crippen molar-refractivity contribution in [3.8, 4) is 0 Å². The molecule has 0 radical (unpaired) electrons. The van der Waals surface area contributed by atoms with Gasteiger partial charge in [0, 0.05) is 55.4 Å². The molecule has 3 rings (SSSR count). The molecule has 0 spiro atoms. The molecular formula is C16H17ArN3O8S. The Morgan fingerprint density at radius 2 is 1.86 bits per heavy atom. The molecule has 0 aliphatic carbocycles. The molecule has 1 saturated heterocycles. The van der Waals surface area contributed by atoms with Crippen LogP contribution in [0.3, 0.4) is 0 Å². The van der Waals surface area contributed by atoms with Crippen molar-refractivity contribution in [1.29, 1.82) is 0 Å². The Morgan fingerprint density at radius 1 is 1.21 bits per heavy atom. The second kappa shape index (κ2) is 10.2. The monoisotopic (exact) mass is 451 g/mol. The number of nitrogens with one attached hydrogen (secondary N) is 1. The van der Waals surface area contributed by atoms with E-state index in [1.165, 1.54) is 30.5 Å². The van der Waals surface area contributed by atoms with Gasteiger partial charge in [-0.25, -0.2) is 4.98 Å². The van der Waals surface area contributed by atoms with Crippen LogP contribution in [0.25, 0.3) is 0 Å². The number of aromatic nitrogens is 1. The van der Waals surface area contributed by atoms with E-state index in [-0.39, 0.29) is 59.0 Å². The Balaban J connectivity index is 0.00000300. The average molecular weight is 451 g/mol. The third-order valence-corrected chi connectivity index (χ3v) is 5.16. The van der Waals surface area contributed by atoms with E-state index < -0.39 is 48.0 Å². The first-order chi connectivity index (χ1) is 13.3. The van der Waals surface area contributed by atoms with E-state index in [0.29, 0.717) is 0 Å². The Hall–Kier alpha value is -1.22. The Bertz CT molecular complexity index is 862. The third-order valence-electron chi connectivity index (χ3n) is 4.23. The van der Waals surface area contributed by atoms with Gasteiger partial charge < -0.3 is 30.5 Å².